The molecule has 1 heterocycles. The third kappa shape index (κ3) is 3.25. The van der Waals surface area contributed by atoms with E-state index in [1.54, 1.807) is 11.8 Å². The molecular weight excluding hydrogens is 328 g/mol. The minimum Gasteiger partial charge on any atom is -0.367 e. The Kier molecular flexibility index (Phi) is 5.36. The van der Waals surface area contributed by atoms with E-state index < -0.39 is 5.41 Å². The Morgan fingerprint density at radius 2 is 1.76 bits per heavy atom. The number of dihydropyridines is 1. The molecule has 0 atom stereocenters. The molecule has 0 amide bonds. The molecular formula is C20H22N4S. The summed E-state index contributed by atoms with van der Waals surface area (Å²) < 4.78 is 0. The topological polar surface area (TPSA) is 71.6 Å². The van der Waals surface area contributed by atoms with Gasteiger partial charge in [0.05, 0.1) is 28.3 Å². The van der Waals surface area contributed by atoms with Gasteiger partial charge in [0.25, 0.3) is 0 Å². The second-order valence-electron chi connectivity index (χ2n) is 6.49. The molecule has 4 nitrogen and oxygen atoms in total. The molecule has 0 aromatic heterocycles. The van der Waals surface area contributed by atoms with Crippen LogP contribution in [0.4, 0.5) is 0 Å². The quantitative estimate of drug-likeness (QED) is 0.853. The Morgan fingerprint density at radius 1 is 1.08 bits per heavy atom. The van der Waals surface area contributed by atoms with Crippen LogP contribution in [-0.4, -0.2) is 6.26 Å². The lowest BCUT2D eigenvalue weighted by atomic mass is 9.64. The predicted octanol–water partition coefficient (Wildman–Crippen LogP) is 4.16. The van der Waals surface area contributed by atoms with Crippen LogP contribution in [0.1, 0.15) is 37.7 Å². The predicted molar refractivity (Wildman–Crippen MR) is 101 cm³/mol. The first kappa shape index (κ1) is 17.5. The molecule has 1 aliphatic carbocycles. The minimum atomic E-state index is -0.426. The summed E-state index contributed by atoms with van der Waals surface area (Å²) in [4.78, 5) is 0. The van der Waals surface area contributed by atoms with E-state index in [1.165, 1.54) is 6.42 Å². The highest BCUT2D eigenvalue weighted by molar-refractivity contribution is 8.02. The van der Waals surface area contributed by atoms with E-state index in [4.69, 9.17) is 0 Å². The van der Waals surface area contributed by atoms with Crippen LogP contribution in [0.25, 0.3) is 0 Å². The zero-order valence-electron chi connectivity index (χ0n) is 14.4. The first-order valence-electron chi connectivity index (χ1n) is 8.63. The number of hydrogen-bond acceptors (Lipinski definition) is 5. The highest BCUT2D eigenvalue weighted by Crippen LogP contribution is 2.51. The molecule has 3 rings (SSSR count). The zero-order valence-corrected chi connectivity index (χ0v) is 15.2. The van der Waals surface area contributed by atoms with Crippen molar-refractivity contribution in [2.75, 3.05) is 6.26 Å². The molecule has 0 saturated heterocycles. The maximum Gasteiger partial charge on any atom is 0.119 e. The number of nitriles is 2. The molecule has 1 aromatic rings. The third-order valence-electron chi connectivity index (χ3n) is 5.12. The Morgan fingerprint density at radius 3 is 2.36 bits per heavy atom. The average Bonchev–Trinajstić information content (AvgIpc) is 2.67. The number of nitrogens with one attached hydrogen (secondary N) is 2. The third-order valence-corrected chi connectivity index (χ3v) is 5.83. The Labute approximate surface area is 153 Å². The summed E-state index contributed by atoms with van der Waals surface area (Å²) in [5.74, 6) is 0.761. The summed E-state index contributed by atoms with van der Waals surface area (Å²) in [5, 5.41) is 27.3. The second-order valence-corrected chi connectivity index (χ2v) is 7.31. The number of allylic oxidation sites excluding steroid dienone is 2. The Bertz CT molecular complexity index is 774. The maximum absolute atomic E-state index is 9.92. The van der Waals surface area contributed by atoms with Gasteiger partial charge in [-0.3, -0.25) is 0 Å². The van der Waals surface area contributed by atoms with Crippen molar-refractivity contribution in [2.45, 2.75) is 38.6 Å². The summed E-state index contributed by atoms with van der Waals surface area (Å²) in [6, 6.07) is 15.0. The molecule has 5 heteroatoms. The lowest BCUT2D eigenvalue weighted by molar-refractivity contribution is 0.292. The largest absolute Gasteiger partial charge is 0.367 e. The van der Waals surface area contributed by atoms with Gasteiger partial charge in [-0.25, -0.2) is 0 Å². The monoisotopic (exact) mass is 350 g/mol. The van der Waals surface area contributed by atoms with Gasteiger partial charge >= 0.3 is 0 Å². The second kappa shape index (κ2) is 7.68. The van der Waals surface area contributed by atoms with Gasteiger partial charge in [0.15, 0.2) is 0 Å². The number of benzene rings is 1. The van der Waals surface area contributed by atoms with E-state index in [-0.39, 0.29) is 0 Å². The van der Waals surface area contributed by atoms with Crippen molar-refractivity contribution in [2.24, 2.45) is 5.41 Å². The summed E-state index contributed by atoms with van der Waals surface area (Å²) >= 11 is 1.55. The molecule has 2 N–H and O–H groups in total. The van der Waals surface area contributed by atoms with Crippen LogP contribution in [0.2, 0.25) is 0 Å². The standard InChI is InChI=1S/C20H22N4S/c1-25-19-17(13-22)20(10-6-3-7-11-20)16(12-21)18(24-19)23-14-15-8-4-2-5-9-15/h2,4-5,8-9,23-24H,3,6-7,10-11,14H2,1H3. The van der Waals surface area contributed by atoms with Crippen molar-refractivity contribution in [1.82, 2.24) is 10.6 Å². The molecule has 1 spiro atoms. The van der Waals surface area contributed by atoms with E-state index >= 15 is 0 Å². The Balaban J connectivity index is 1.98. The van der Waals surface area contributed by atoms with Crippen molar-refractivity contribution in [1.29, 1.82) is 10.5 Å². The lowest BCUT2D eigenvalue weighted by Gasteiger charge is -2.41. The molecule has 1 saturated carbocycles. The van der Waals surface area contributed by atoms with Crippen LogP contribution >= 0.6 is 11.8 Å². The number of hydrogen-bond donors (Lipinski definition) is 2. The smallest absolute Gasteiger partial charge is 0.119 e. The van der Waals surface area contributed by atoms with Crippen molar-refractivity contribution < 1.29 is 0 Å². The van der Waals surface area contributed by atoms with Crippen molar-refractivity contribution >= 4 is 11.8 Å². The zero-order chi connectivity index (χ0) is 17.7. The molecule has 25 heavy (non-hydrogen) atoms. The van der Waals surface area contributed by atoms with Crippen LogP contribution in [0, 0.1) is 28.1 Å². The van der Waals surface area contributed by atoms with Gasteiger partial charge in [0.1, 0.15) is 5.82 Å². The molecule has 1 fully saturated rings. The molecule has 0 unspecified atom stereocenters. The van der Waals surface area contributed by atoms with Gasteiger partial charge in [-0.1, -0.05) is 49.6 Å². The maximum atomic E-state index is 9.92. The van der Waals surface area contributed by atoms with Gasteiger partial charge in [-0.05, 0) is 24.7 Å². The van der Waals surface area contributed by atoms with Crippen LogP contribution in [0.15, 0.2) is 52.3 Å². The summed E-state index contributed by atoms with van der Waals surface area (Å²) in [6.45, 7) is 0.647. The number of rotatable bonds is 4. The van der Waals surface area contributed by atoms with E-state index in [1.807, 2.05) is 24.5 Å². The number of nitrogens with zero attached hydrogens (tertiary/aromatic N) is 2. The minimum absolute atomic E-state index is 0.426. The number of thioether (sulfide) groups is 1. The average molecular weight is 350 g/mol. The molecule has 1 aliphatic heterocycles. The van der Waals surface area contributed by atoms with E-state index in [0.29, 0.717) is 12.1 Å². The van der Waals surface area contributed by atoms with Crippen LogP contribution in [-0.2, 0) is 6.54 Å². The first-order chi connectivity index (χ1) is 12.2. The van der Waals surface area contributed by atoms with Crippen LogP contribution < -0.4 is 10.6 Å². The lowest BCUT2D eigenvalue weighted by Crippen LogP contribution is -2.41. The Hall–Kier alpha value is -2.37. The van der Waals surface area contributed by atoms with Gasteiger partial charge in [0, 0.05) is 12.0 Å². The van der Waals surface area contributed by atoms with Gasteiger partial charge in [0.2, 0.25) is 0 Å². The SMILES string of the molecule is CSC1=C(C#N)C2(CCCCC2)C(C#N)=C(NCc2ccccc2)N1. The van der Waals surface area contributed by atoms with Gasteiger partial charge in [-0.15, -0.1) is 11.8 Å². The normalized spacial score (nSPS) is 19.2. The van der Waals surface area contributed by atoms with Gasteiger partial charge in [-0.2, -0.15) is 10.5 Å². The molecule has 0 bridgehead atoms. The van der Waals surface area contributed by atoms with Gasteiger partial charge < -0.3 is 10.6 Å². The fourth-order valence-electron chi connectivity index (χ4n) is 3.87. The fraction of sp³-hybridized carbons (Fsp3) is 0.400. The summed E-state index contributed by atoms with van der Waals surface area (Å²) in [7, 11) is 0. The highest BCUT2D eigenvalue weighted by Gasteiger charge is 2.45. The van der Waals surface area contributed by atoms with Crippen LogP contribution in [0.3, 0.4) is 0 Å². The van der Waals surface area contributed by atoms with Crippen LogP contribution in [0.5, 0.6) is 0 Å². The molecule has 2 aliphatic rings. The summed E-state index contributed by atoms with van der Waals surface area (Å²) in [6.07, 6.45) is 7.02. The van der Waals surface area contributed by atoms with Crippen molar-refractivity contribution in [3.63, 3.8) is 0 Å². The van der Waals surface area contributed by atoms with E-state index in [2.05, 4.69) is 34.9 Å². The molecule has 128 valence electrons. The molecule has 0 radical (unpaired) electrons. The van der Waals surface area contributed by atoms with Crippen molar-refractivity contribution in [3.8, 4) is 12.1 Å². The highest BCUT2D eigenvalue weighted by atomic mass is 32.2. The molecule has 1 aromatic carbocycles. The van der Waals surface area contributed by atoms with Crippen molar-refractivity contribution in [3.05, 3.63) is 57.9 Å². The van der Waals surface area contributed by atoms with E-state index in [9.17, 15) is 10.5 Å². The summed E-state index contributed by atoms with van der Waals surface area (Å²) in [5.41, 5.74) is 2.16. The van der Waals surface area contributed by atoms with E-state index in [0.717, 1.165) is 47.7 Å². The fourth-order valence-corrected chi connectivity index (χ4v) is 4.52. The first-order valence-corrected chi connectivity index (χ1v) is 9.86.